The van der Waals surface area contributed by atoms with Crippen LogP contribution in [0.3, 0.4) is 0 Å². The zero-order valence-electron chi connectivity index (χ0n) is 10.0. The minimum absolute atomic E-state index is 0.893. The van der Waals surface area contributed by atoms with Crippen molar-refractivity contribution in [2.24, 2.45) is 11.8 Å². The first-order valence-corrected chi connectivity index (χ1v) is 8.02. The van der Waals surface area contributed by atoms with Gasteiger partial charge in [0.1, 0.15) is 0 Å². The Kier molecular flexibility index (Phi) is 4.83. The van der Waals surface area contributed by atoms with Crippen molar-refractivity contribution in [3.63, 3.8) is 0 Å². The van der Waals surface area contributed by atoms with E-state index >= 15 is 0 Å². The number of thioether (sulfide) groups is 1. The fourth-order valence-corrected chi connectivity index (χ4v) is 3.82. The Morgan fingerprint density at radius 3 is 2.73 bits per heavy atom. The smallest absolute Gasteiger partial charge is 0.00980 e. The zero-order chi connectivity index (χ0) is 10.5. The molecule has 0 heterocycles. The lowest BCUT2D eigenvalue weighted by Crippen LogP contribution is -2.34. The molecule has 0 radical (unpaired) electrons. The van der Waals surface area contributed by atoms with Gasteiger partial charge in [0, 0.05) is 6.04 Å². The van der Waals surface area contributed by atoms with Gasteiger partial charge in [0.2, 0.25) is 0 Å². The van der Waals surface area contributed by atoms with E-state index in [2.05, 4.69) is 11.6 Å². The molecule has 0 aliphatic heterocycles. The van der Waals surface area contributed by atoms with Gasteiger partial charge < -0.3 is 5.32 Å². The van der Waals surface area contributed by atoms with E-state index in [1.807, 2.05) is 11.8 Å². The van der Waals surface area contributed by atoms with Crippen LogP contribution in [0, 0.1) is 11.8 Å². The Labute approximate surface area is 98.8 Å². The molecule has 1 nitrogen and oxygen atoms in total. The molecule has 2 bridgehead atoms. The summed E-state index contributed by atoms with van der Waals surface area (Å²) in [5, 5.41) is 3.78. The number of hydrogen-bond donors (Lipinski definition) is 1. The van der Waals surface area contributed by atoms with Crippen molar-refractivity contribution >= 4 is 11.8 Å². The Hall–Kier alpha value is 0.310. The fraction of sp³-hybridized carbons (Fsp3) is 1.00. The molecule has 0 aromatic carbocycles. The third-order valence-electron chi connectivity index (χ3n) is 4.17. The lowest BCUT2D eigenvalue weighted by atomic mass is 9.95. The van der Waals surface area contributed by atoms with Crippen molar-refractivity contribution in [1.29, 1.82) is 0 Å². The summed E-state index contributed by atoms with van der Waals surface area (Å²) in [7, 11) is 0. The summed E-state index contributed by atoms with van der Waals surface area (Å²) >= 11 is 1.97. The van der Waals surface area contributed by atoms with Crippen LogP contribution in [0.5, 0.6) is 0 Å². The van der Waals surface area contributed by atoms with Gasteiger partial charge in [-0.1, -0.05) is 12.8 Å². The summed E-state index contributed by atoms with van der Waals surface area (Å²) in [4.78, 5) is 0. The third-order valence-corrected chi connectivity index (χ3v) is 4.87. The molecule has 2 heteroatoms. The second-order valence-corrected chi connectivity index (χ2v) is 6.27. The molecular formula is C13H25NS. The first-order valence-electron chi connectivity index (χ1n) is 6.62. The van der Waals surface area contributed by atoms with Gasteiger partial charge in [-0.3, -0.25) is 0 Å². The number of unbranched alkanes of at least 4 members (excludes halogenated alkanes) is 2. The molecule has 2 rings (SSSR count). The molecule has 2 aliphatic rings. The van der Waals surface area contributed by atoms with E-state index in [-0.39, 0.29) is 0 Å². The number of nitrogens with one attached hydrogen (secondary N) is 1. The SMILES string of the molecule is CSCCCCCNC1CC2CCC1C2. The molecular weight excluding hydrogens is 202 g/mol. The highest BCUT2D eigenvalue weighted by atomic mass is 32.2. The first kappa shape index (κ1) is 11.8. The number of fused-ring (bicyclic) bond motifs is 2. The lowest BCUT2D eigenvalue weighted by molar-refractivity contribution is 0.350. The Balaban J connectivity index is 1.48. The predicted octanol–water partition coefficient (Wildman–Crippen LogP) is 3.30. The first-order chi connectivity index (χ1) is 7.40. The van der Waals surface area contributed by atoms with Gasteiger partial charge >= 0.3 is 0 Å². The van der Waals surface area contributed by atoms with Crippen LogP contribution >= 0.6 is 11.8 Å². The van der Waals surface area contributed by atoms with Gasteiger partial charge in [-0.2, -0.15) is 11.8 Å². The molecule has 3 atom stereocenters. The van der Waals surface area contributed by atoms with Crippen LogP contribution in [0.1, 0.15) is 44.9 Å². The molecule has 0 amide bonds. The number of hydrogen-bond acceptors (Lipinski definition) is 2. The van der Waals surface area contributed by atoms with Crippen molar-refractivity contribution in [2.45, 2.75) is 51.0 Å². The van der Waals surface area contributed by atoms with E-state index in [1.54, 1.807) is 0 Å². The summed E-state index contributed by atoms with van der Waals surface area (Å²) < 4.78 is 0. The van der Waals surface area contributed by atoms with Gasteiger partial charge in [0.05, 0.1) is 0 Å². The highest BCUT2D eigenvalue weighted by Gasteiger charge is 2.38. The monoisotopic (exact) mass is 227 g/mol. The van der Waals surface area contributed by atoms with Gasteiger partial charge in [-0.05, 0) is 62.5 Å². The van der Waals surface area contributed by atoms with Crippen molar-refractivity contribution in [3.05, 3.63) is 0 Å². The van der Waals surface area contributed by atoms with Crippen LogP contribution in [-0.2, 0) is 0 Å². The Morgan fingerprint density at radius 2 is 2.07 bits per heavy atom. The van der Waals surface area contributed by atoms with E-state index in [1.165, 1.54) is 57.2 Å². The fourth-order valence-electron chi connectivity index (χ4n) is 3.33. The molecule has 0 aromatic rings. The normalized spacial score (nSPS) is 33.8. The molecule has 1 N–H and O–H groups in total. The molecule has 88 valence electrons. The topological polar surface area (TPSA) is 12.0 Å². The third kappa shape index (κ3) is 3.39. The molecule has 2 aliphatic carbocycles. The summed E-state index contributed by atoms with van der Waals surface area (Å²) in [6.45, 7) is 1.27. The minimum atomic E-state index is 0.893. The van der Waals surface area contributed by atoms with Gasteiger partial charge in [0.25, 0.3) is 0 Å². The van der Waals surface area contributed by atoms with Crippen LogP contribution < -0.4 is 5.32 Å². The van der Waals surface area contributed by atoms with Crippen molar-refractivity contribution < 1.29 is 0 Å². The molecule has 2 fully saturated rings. The summed E-state index contributed by atoms with van der Waals surface area (Å²) in [5.41, 5.74) is 0. The number of rotatable bonds is 7. The molecule has 15 heavy (non-hydrogen) atoms. The van der Waals surface area contributed by atoms with Crippen molar-refractivity contribution in [3.8, 4) is 0 Å². The van der Waals surface area contributed by atoms with Gasteiger partial charge in [-0.25, -0.2) is 0 Å². The summed E-state index contributed by atoms with van der Waals surface area (Å²) in [6, 6.07) is 0.893. The van der Waals surface area contributed by atoms with E-state index in [0.29, 0.717) is 0 Å². The van der Waals surface area contributed by atoms with Crippen LogP contribution in [0.25, 0.3) is 0 Å². The van der Waals surface area contributed by atoms with Crippen LogP contribution in [0.2, 0.25) is 0 Å². The summed E-state index contributed by atoms with van der Waals surface area (Å²) in [6.07, 6.45) is 12.4. The highest BCUT2D eigenvalue weighted by molar-refractivity contribution is 7.98. The second kappa shape index (κ2) is 6.15. The summed E-state index contributed by atoms with van der Waals surface area (Å²) in [5.74, 6) is 3.47. The molecule has 3 unspecified atom stereocenters. The predicted molar refractivity (Wildman–Crippen MR) is 69.5 cm³/mol. The molecule has 0 aromatic heterocycles. The van der Waals surface area contributed by atoms with Gasteiger partial charge in [-0.15, -0.1) is 0 Å². The Morgan fingerprint density at radius 1 is 1.13 bits per heavy atom. The van der Waals surface area contributed by atoms with Crippen LogP contribution in [0.4, 0.5) is 0 Å². The van der Waals surface area contributed by atoms with Crippen molar-refractivity contribution in [2.75, 3.05) is 18.6 Å². The van der Waals surface area contributed by atoms with E-state index in [0.717, 1.165) is 17.9 Å². The zero-order valence-corrected chi connectivity index (χ0v) is 10.8. The van der Waals surface area contributed by atoms with Crippen molar-refractivity contribution in [1.82, 2.24) is 5.32 Å². The molecule has 0 spiro atoms. The van der Waals surface area contributed by atoms with Crippen LogP contribution in [0.15, 0.2) is 0 Å². The average Bonchev–Trinajstić information content (AvgIpc) is 2.85. The minimum Gasteiger partial charge on any atom is -0.314 e. The molecule has 2 saturated carbocycles. The maximum absolute atomic E-state index is 3.78. The quantitative estimate of drug-likeness (QED) is 0.670. The highest BCUT2D eigenvalue weighted by Crippen LogP contribution is 2.44. The van der Waals surface area contributed by atoms with Crippen LogP contribution in [-0.4, -0.2) is 24.6 Å². The maximum atomic E-state index is 3.78. The van der Waals surface area contributed by atoms with Gasteiger partial charge in [0.15, 0.2) is 0 Å². The maximum Gasteiger partial charge on any atom is 0.00980 e. The average molecular weight is 227 g/mol. The standard InChI is InChI=1S/C13H25NS/c1-15-8-4-2-3-7-14-13-10-11-5-6-12(13)9-11/h11-14H,2-10H2,1H3. The molecule has 0 saturated heterocycles. The second-order valence-electron chi connectivity index (χ2n) is 5.29. The lowest BCUT2D eigenvalue weighted by Gasteiger charge is -2.22. The van der Waals surface area contributed by atoms with E-state index < -0.39 is 0 Å². The van der Waals surface area contributed by atoms with E-state index in [9.17, 15) is 0 Å². The largest absolute Gasteiger partial charge is 0.314 e. The Bertz CT molecular complexity index is 183. The van der Waals surface area contributed by atoms with E-state index in [4.69, 9.17) is 0 Å².